The Balaban J connectivity index is 2.06. The van der Waals surface area contributed by atoms with Crippen LogP contribution in [-0.4, -0.2) is 26.7 Å². The summed E-state index contributed by atoms with van der Waals surface area (Å²) >= 11 is 0. The van der Waals surface area contributed by atoms with E-state index in [2.05, 4.69) is 10.3 Å². The number of aromatic nitrogens is 3. The number of fused-ring (bicyclic) bond motifs is 1. The summed E-state index contributed by atoms with van der Waals surface area (Å²) in [5, 5.41) is 7.80. The maximum Gasteiger partial charge on any atom is 0.299 e. The Hall–Kier alpha value is -2.50. The number of Topliss-reactive ketones (excluding diaryl/α,β-unsaturated/α-hetero) is 1. The molecule has 0 saturated carbocycles. The number of hydrogen-bond acceptors (Lipinski definition) is 4. The fourth-order valence-corrected chi connectivity index (χ4v) is 2.58. The third-order valence-corrected chi connectivity index (χ3v) is 3.39. The number of carbonyl (C=O) groups is 2. The van der Waals surface area contributed by atoms with Crippen molar-refractivity contribution in [3.05, 3.63) is 40.7 Å². The monoisotopic (exact) mass is 270 g/mol. The first-order valence-electron chi connectivity index (χ1n) is 6.30. The van der Waals surface area contributed by atoms with Crippen LogP contribution in [0.25, 0.3) is 0 Å². The summed E-state index contributed by atoms with van der Waals surface area (Å²) < 4.78 is 1.57. The van der Waals surface area contributed by atoms with Gasteiger partial charge in [0.15, 0.2) is 0 Å². The Bertz CT molecular complexity index is 733. The summed E-state index contributed by atoms with van der Waals surface area (Å²) in [4.78, 5) is 25.7. The molecule has 0 bridgehead atoms. The second kappa shape index (κ2) is 4.26. The quantitative estimate of drug-likeness (QED) is 0.768. The average Bonchev–Trinajstić information content (AvgIpc) is 2.87. The van der Waals surface area contributed by atoms with Gasteiger partial charge in [-0.05, 0) is 31.0 Å². The molecule has 20 heavy (non-hydrogen) atoms. The highest BCUT2D eigenvalue weighted by Gasteiger charge is 2.37. The van der Waals surface area contributed by atoms with E-state index in [1.165, 1.54) is 4.90 Å². The van der Waals surface area contributed by atoms with Crippen LogP contribution in [0.4, 0.5) is 5.69 Å². The lowest BCUT2D eigenvalue weighted by molar-refractivity contribution is -0.114. The van der Waals surface area contributed by atoms with Crippen LogP contribution in [0.3, 0.4) is 0 Å². The van der Waals surface area contributed by atoms with Crippen LogP contribution in [0.1, 0.15) is 27.2 Å². The van der Waals surface area contributed by atoms with E-state index in [0.717, 1.165) is 11.1 Å². The fraction of sp³-hybridized carbons (Fsp3) is 0.286. The highest BCUT2D eigenvalue weighted by atomic mass is 16.2. The van der Waals surface area contributed by atoms with Crippen molar-refractivity contribution in [2.24, 2.45) is 7.05 Å². The van der Waals surface area contributed by atoms with Crippen molar-refractivity contribution in [2.75, 3.05) is 4.90 Å². The van der Waals surface area contributed by atoms with E-state index in [0.29, 0.717) is 16.9 Å². The molecule has 1 aliphatic heterocycles. The topological polar surface area (TPSA) is 68.1 Å². The molecule has 2 aromatic rings. The van der Waals surface area contributed by atoms with Crippen LogP contribution in [0.5, 0.6) is 0 Å². The Morgan fingerprint density at radius 2 is 1.95 bits per heavy atom. The molecule has 1 aromatic heterocycles. The highest BCUT2D eigenvalue weighted by molar-refractivity contribution is 6.52. The minimum absolute atomic E-state index is 0.258. The van der Waals surface area contributed by atoms with E-state index in [1.54, 1.807) is 17.9 Å². The zero-order valence-corrected chi connectivity index (χ0v) is 11.5. The van der Waals surface area contributed by atoms with Crippen molar-refractivity contribution in [1.29, 1.82) is 0 Å². The summed E-state index contributed by atoms with van der Waals surface area (Å²) in [7, 11) is 1.76. The Kier molecular flexibility index (Phi) is 2.67. The molecule has 0 aliphatic carbocycles. The molecule has 6 nitrogen and oxygen atoms in total. The number of hydrogen-bond donors (Lipinski definition) is 0. The van der Waals surface area contributed by atoms with Gasteiger partial charge in [-0.3, -0.25) is 19.2 Å². The number of amides is 1. The molecular weight excluding hydrogens is 256 g/mol. The van der Waals surface area contributed by atoms with Gasteiger partial charge in [-0.1, -0.05) is 11.3 Å². The van der Waals surface area contributed by atoms with Gasteiger partial charge in [-0.25, -0.2) is 0 Å². The van der Waals surface area contributed by atoms with Crippen LogP contribution in [0.2, 0.25) is 0 Å². The molecular formula is C14H14N4O2. The van der Waals surface area contributed by atoms with E-state index in [4.69, 9.17) is 0 Å². The Morgan fingerprint density at radius 3 is 2.60 bits per heavy atom. The second-order valence-corrected chi connectivity index (χ2v) is 5.08. The van der Waals surface area contributed by atoms with Gasteiger partial charge >= 0.3 is 0 Å². The maximum atomic E-state index is 12.2. The summed E-state index contributed by atoms with van der Waals surface area (Å²) in [5.74, 6) is -0.944. The van der Waals surface area contributed by atoms with Gasteiger partial charge in [0, 0.05) is 13.2 Å². The molecule has 6 heteroatoms. The predicted molar refractivity (Wildman–Crippen MR) is 72.4 cm³/mol. The van der Waals surface area contributed by atoms with Gasteiger partial charge < -0.3 is 0 Å². The lowest BCUT2D eigenvalue weighted by Gasteiger charge is -2.15. The Labute approximate surface area is 116 Å². The van der Waals surface area contributed by atoms with Crippen LogP contribution in [0, 0.1) is 13.8 Å². The summed E-state index contributed by atoms with van der Waals surface area (Å²) in [6, 6.07) is 3.78. The standard InChI is InChI=1S/C14H14N4O2/c1-8-4-9(2)12-11(5-8)18(14(20)13(12)19)7-10-6-17(3)16-15-10/h4-6H,7H2,1-3H3. The molecule has 1 aliphatic rings. The number of carbonyl (C=O) groups excluding carboxylic acids is 2. The van der Waals surface area contributed by atoms with Crippen molar-refractivity contribution in [3.8, 4) is 0 Å². The van der Waals surface area contributed by atoms with Gasteiger partial charge in [0.1, 0.15) is 5.69 Å². The molecule has 1 amide bonds. The van der Waals surface area contributed by atoms with Gasteiger partial charge in [0.25, 0.3) is 11.7 Å². The number of ketones is 1. The van der Waals surface area contributed by atoms with Gasteiger partial charge in [-0.2, -0.15) is 0 Å². The summed E-state index contributed by atoms with van der Waals surface area (Å²) in [5.41, 5.74) is 3.68. The molecule has 1 aromatic carbocycles. The number of rotatable bonds is 2. The molecule has 0 spiro atoms. The molecule has 0 saturated heterocycles. The van der Waals surface area contributed by atoms with Crippen molar-refractivity contribution in [2.45, 2.75) is 20.4 Å². The minimum atomic E-state index is -0.501. The average molecular weight is 270 g/mol. The zero-order chi connectivity index (χ0) is 14.4. The number of nitrogens with zero attached hydrogens (tertiary/aromatic N) is 4. The smallest absolute Gasteiger partial charge is 0.299 e. The zero-order valence-electron chi connectivity index (χ0n) is 11.5. The largest absolute Gasteiger partial charge is 0.299 e. The molecule has 2 heterocycles. The van der Waals surface area contributed by atoms with E-state index in [-0.39, 0.29) is 6.54 Å². The molecule has 0 atom stereocenters. The lowest BCUT2D eigenvalue weighted by Crippen LogP contribution is -2.29. The first-order chi connectivity index (χ1) is 9.47. The highest BCUT2D eigenvalue weighted by Crippen LogP contribution is 2.33. The third kappa shape index (κ3) is 1.80. The Morgan fingerprint density at radius 1 is 1.20 bits per heavy atom. The van der Waals surface area contributed by atoms with Gasteiger partial charge in [-0.15, -0.1) is 5.10 Å². The second-order valence-electron chi connectivity index (χ2n) is 5.08. The van der Waals surface area contributed by atoms with Crippen LogP contribution >= 0.6 is 0 Å². The van der Waals surface area contributed by atoms with E-state index in [9.17, 15) is 9.59 Å². The molecule has 0 unspecified atom stereocenters. The van der Waals surface area contributed by atoms with Crippen LogP contribution in [-0.2, 0) is 18.4 Å². The number of benzene rings is 1. The summed E-state index contributed by atoms with van der Waals surface area (Å²) in [6.45, 7) is 4.05. The molecule has 102 valence electrons. The van der Waals surface area contributed by atoms with E-state index in [1.807, 2.05) is 26.0 Å². The van der Waals surface area contributed by atoms with E-state index < -0.39 is 11.7 Å². The number of aryl methyl sites for hydroxylation is 3. The van der Waals surface area contributed by atoms with Gasteiger partial charge in [0.2, 0.25) is 0 Å². The SMILES string of the molecule is Cc1cc(C)c2c(c1)N(Cc1cn(C)nn1)C(=O)C2=O. The van der Waals surface area contributed by atoms with Gasteiger partial charge in [0.05, 0.1) is 17.8 Å². The molecule has 0 fully saturated rings. The van der Waals surface area contributed by atoms with Crippen molar-refractivity contribution < 1.29 is 9.59 Å². The molecule has 0 N–H and O–H groups in total. The lowest BCUT2D eigenvalue weighted by atomic mass is 10.0. The van der Waals surface area contributed by atoms with Crippen molar-refractivity contribution in [1.82, 2.24) is 15.0 Å². The summed E-state index contributed by atoms with van der Waals surface area (Å²) in [6.07, 6.45) is 1.73. The molecule has 0 radical (unpaired) electrons. The fourth-order valence-electron chi connectivity index (χ4n) is 2.58. The normalized spacial score (nSPS) is 14.1. The first kappa shape index (κ1) is 12.5. The minimum Gasteiger partial charge on any atom is -0.299 e. The third-order valence-electron chi connectivity index (χ3n) is 3.39. The number of anilines is 1. The van der Waals surface area contributed by atoms with Crippen LogP contribution in [0.15, 0.2) is 18.3 Å². The van der Waals surface area contributed by atoms with E-state index >= 15 is 0 Å². The first-order valence-corrected chi connectivity index (χ1v) is 6.30. The predicted octanol–water partition coefficient (Wildman–Crippen LogP) is 1.16. The molecule has 3 rings (SSSR count). The van der Waals surface area contributed by atoms with Crippen molar-refractivity contribution in [3.63, 3.8) is 0 Å². The van der Waals surface area contributed by atoms with Crippen LogP contribution < -0.4 is 4.90 Å². The van der Waals surface area contributed by atoms with Crippen molar-refractivity contribution >= 4 is 17.4 Å². The maximum absolute atomic E-state index is 12.2.